The Morgan fingerprint density at radius 2 is 2.11 bits per heavy atom. The number of hydrogen-bond acceptors (Lipinski definition) is 4. The van der Waals surface area contributed by atoms with Crippen LogP contribution in [0.5, 0.6) is 11.5 Å². The molecule has 1 aliphatic rings. The maximum Gasteiger partial charge on any atom is 0.142 e. The maximum atomic E-state index is 5.49. The molecular weight excluding hydrogens is 240 g/mol. The average Bonchev–Trinajstić information content (AvgIpc) is 2.80. The second-order valence-corrected chi connectivity index (χ2v) is 5.08. The molecule has 1 aromatic rings. The number of nitrogens with zero attached hydrogens (tertiary/aromatic N) is 1. The summed E-state index contributed by atoms with van der Waals surface area (Å²) in [5, 5.41) is 3.28. The molecule has 4 heteroatoms. The average molecular weight is 264 g/mol. The summed E-state index contributed by atoms with van der Waals surface area (Å²) in [6, 6.07) is 6.49. The van der Waals surface area contributed by atoms with Gasteiger partial charge in [-0.05, 0) is 45.0 Å². The van der Waals surface area contributed by atoms with Crippen LogP contribution >= 0.6 is 0 Å². The van der Waals surface area contributed by atoms with E-state index >= 15 is 0 Å². The van der Waals surface area contributed by atoms with Gasteiger partial charge in [-0.2, -0.15) is 0 Å². The van der Waals surface area contributed by atoms with Crippen molar-refractivity contribution in [2.75, 3.05) is 39.3 Å². The number of ether oxygens (including phenoxy) is 2. The smallest absolute Gasteiger partial charge is 0.142 e. The molecule has 0 aromatic heterocycles. The Kier molecular flexibility index (Phi) is 4.53. The number of hydrogen-bond donors (Lipinski definition) is 1. The molecule has 0 radical (unpaired) electrons. The van der Waals surface area contributed by atoms with Gasteiger partial charge in [0.15, 0.2) is 0 Å². The summed E-state index contributed by atoms with van der Waals surface area (Å²) in [7, 11) is 5.43. The molecule has 4 nitrogen and oxygen atoms in total. The Morgan fingerprint density at radius 3 is 2.74 bits per heavy atom. The largest absolute Gasteiger partial charge is 0.497 e. The third-order valence-electron chi connectivity index (χ3n) is 4.08. The van der Waals surface area contributed by atoms with Crippen molar-refractivity contribution in [1.82, 2.24) is 5.32 Å². The fraction of sp³-hybridized carbons (Fsp3) is 0.600. The van der Waals surface area contributed by atoms with E-state index in [1.165, 1.54) is 6.42 Å². The van der Waals surface area contributed by atoms with E-state index in [0.717, 1.165) is 30.3 Å². The molecule has 2 atom stereocenters. The van der Waals surface area contributed by atoms with Crippen LogP contribution in [0.4, 0.5) is 5.69 Å². The Hall–Kier alpha value is -1.42. The van der Waals surface area contributed by atoms with E-state index < -0.39 is 0 Å². The normalized spacial score (nSPS) is 22.6. The van der Waals surface area contributed by atoms with Crippen molar-refractivity contribution in [3.05, 3.63) is 18.2 Å². The Labute approximate surface area is 115 Å². The summed E-state index contributed by atoms with van der Waals surface area (Å²) < 4.78 is 10.8. The van der Waals surface area contributed by atoms with Crippen LogP contribution in [-0.2, 0) is 0 Å². The van der Waals surface area contributed by atoms with Gasteiger partial charge in [-0.25, -0.2) is 0 Å². The fourth-order valence-electron chi connectivity index (χ4n) is 2.90. The molecule has 1 heterocycles. The molecule has 1 saturated heterocycles. The van der Waals surface area contributed by atoms with Gasteiger partial charge in [0.2, 0.25) is 0 Å². The Morgan fingerprint density at radius 1 is 1.32 bits per heavy atom. The standard InChI is InChI=1S/C15H24N2O2/c1-11-12(10-16-2)7-8-17(11)14-9-13(18-3)5-6-15(14)19-4/h5-6,9,11-12,16H,7-8,10H2,1-4H3. The zero-order valence-corrected chi connectivity index (χ0v) is 12.3. The van der Waals surface area contributed by atoms with Gasteiger partial charge in [0.05, 0.1) is 19.9 Å². The monoisotopic (exact) mass is 264 g/mol. The van der Waals surface area contributed by atoms with E-state index in [4.69, 9.17) is 9.47 Å². The molecule has 0 spiro atoms. The third kappa shape index (κ3) is 2.78. The summed E-state index contributed by atoms with van der Waals surface area (Å²) in [6.45, 7) is 4.41. The van der Waals surface area contributed by atoms with Crippen molar-refractivity contribution < 1.29 is 9.47 Å². The van der Waals surface area contributed by atoms with Gasteiger partial charge in [-0.15, -0.1) is 0 Å². The van der Waals surface area contributed by atoms with Gasteiger partial charge in [-0.3, -0.25) is 0 Å². The van der Waals surface area contributed by atoms with Crippen LogP contribution in [-0.4, -0.2) is 40.4 Å². The molecule has 1 aliphatic heterocycles. The number of anilines is 1. The molecule has 106 valence electrons. The number of nitrogens with one attached hydrogen (secondary N) is 1. The highest BCUT2D eigenvalue weighted by atomic mass is 16.5. The first-order chi connectivity index (χ1) is 9.21. The lowest BCUT2D eigenvalue weighted by atomic mass is 10.0. The molecule has 0 bridgehead atoms. The first-order valence-corrected chi connectivity index (χ1v) is 6.84. The first kappa shape index (κ1) is 14.0. The van der Waals surface area contributed by atoms with Crippen LogP contribution in [0.15, 0.2) is 18.2 Å². The van der Waals surface area contributed by atoms with Crippen LogP contribution in [0.25, 0.3) is 0 Å². The van der Waals surface area contributed by atoms with Crippen LogP contribution < -0.4 is 19.7 Å². The molecule has 19 heavy (non-hydrogen) atoms. The molecular formula is C15H24N2O2. The molecule has 0 amide bonds. The molecule has 1 aromatic carbocycles. The molecule has 2 unspecified atom stereocenters. The minimum atomic E-state index is 0.508. The van der Waals surface area contributed by atoms with E-state index in [-0.39, 0.29) is 0 Å². The quantitative estimate of drug-likeness (QED) is 0.883. The van der Waals surface area contributed by atoms with Crippen LogP contribution in [0.2, 0.25) is 0 Å². The topological polar surface area (TPSA) is 33.7 Å². The molecule has 2 rings (SSSR count). The van der Waals surface area contributed by atoms with Crippen molar-refractivity contribution in [2.45, 2.75) is 19.4 Å². The van der Waals surface area contributed by atoms with Crippen molar-refractivity contribution in [3.8, 4) is 11.5 Å². The van der Waals surface area contributed by atoms with Crippen LogP contribution in [0.1, 0.15) is 13.3 Å². The van der Waals surface area contributed by atoms with E-state index in [1.54, 1.807) is 14.2 Å². The molecule has 0 saturated carbocycles. The Bertz CT molecular complexity index is 423. The van der Waals surface area contributed by atoms with Crippen molar-refractivity contribution in [2.24, 2.45) is 5.92 Å². The van der Waals surface area contributed by atoms with Gasteiger partial charge in [0.1, 0.15) is 11.5 Å². The summed E-state index contributed by atoms with van der Waals surface area (Å²) in [6.07, 6.45) is 1.21. The zero-order valence-electron chi connectivity index (χ0n) is 12.3. The number of rotatable bonds is 5. The minimum absolute atomic E-state index is 0.508. The summed E-state index contributed by atoms with van der Waals surface area (Å²) >= 11 is 0. The van der Waals surface area contributed by atoms with Crippen molar-refractivity contribution in [3.63, 3.8) is 0 Å². The highest BCUT2D eigenvalue weighted by Crippen LogP contribution is 2.37. The van der Waals surface area contributed by atoms with Crippen LogP contribution in [0.3, 0.4) is 0 Å². The van der Waals surface area contributed by atoms with Crippen molar-refractivity contribution in [1.29, 1.82) is 0 Å². The van der Waals surface area contributed by atoms with Crippen molar-refractivity contribution >= 4 is 5.69 Å². The van der Waals surface area contributed by atoms with E-state index in [9.17, 15) is 0 Å². The van der Waals surface area contributed by atoms with Gasteiger partial charge in [0.25, 0.3) is 0 Å². The van der Waals surface area contributed by atoms with Gasteiger partial charge < -0.3 is 19.7 Å². The first-order valence-electron chi connectivity index (χ1n) is 6.84. The second-order valence-electron chi connectivity index (χ2n) is 5.08. The number of benzene rings is 1. The SMILES string of the molecule is CNCC1CCN(c2cc(OC)ccc2OC)C1C. The minimum Gasteiger partial charge on any atom is -0.497 e. The lowest BCUT2D eigenvalue weighted by Crippen LogP contribution is -2.33. The van der Waals surface area contributed by atoms with E-state index in [0.29, 0.717) is 12.0 Å². The highest BCUT2D eigenvalue weighted by Gasteiger charge is 2.31. The summed E-state index contributed by atoms with van der Waals surface area (Å²) in [4.78, 5) is 2.42. The molecule has 1 fully saturated rings. The maximum absolute atomic E-state index is 5.49. The predicted octanol–water partition coefficient (Wildman–Crippen LogP) is 2.14. The predicted molar refractivity (Wildman–Crippen MR) is 78.4 cm³/mol. The Balaban J connectivity index is 2.26. The summed E-state index contributed by atoms with van der Waals surface area (Å²) in [5.74, 6) is 2.47. The fourth-order valence-corrected chi connectivity index (χ4v) is 2.90. The third-order valence-corrected chi connectivity index (χ3v) is 4.08. The van der Waals surface area contributed by atoms with Crippen LogP contribution in [0, 0.1) is 5.92 Å². The lowest BCUT2D eigenvalue weighted by molar-refractivity contribution is 0.401. The number of methoxy groups -OCH3 is 2. The zero-order chi connectivity index (χ0) is 13.8. The lowest BCUT2D eigenvalue weighted by Gasteiger charge is -2.28. The van der Waals surface area contributed by atoms with E-state index in [2.05, 4.69) is 23.2 Å². The van der Waals surface area contributed by atoms with Gasteiger partial charge in [-0.1, -0.05) is 0 Å². The molecule has 1 N–H and O–H groups in total. The van der Waals surface area contributed by atoms with E-state index in [1.807, 2.05) is 19.2 Å². The summed E-state index contributed by atoms with van der Waals surface area (Å²) in [5.41, 5.74) is 1.13. The highest BCUT2D eigenvalue weighted by molar-refractivity contribution is 5.62. The molecule has 0 aliphatic carbocycles. The second kappa shape index (κ2) is 6.15. The van der Waals surface area contributed by atoms with Gasteiger partial charge in [0, 0.05) is 18.7 Å². The van der Waals surface area contributed by atoms with Gasteiger partial charge >= 0.3 is 0 Å².